The maximum atomic E-state index is 13.3. The van der Waals surface area contributed by atoms with E-state index in [0.29, 0.717) is 13.0 Å². The van der Waals surface area contributed by atoms with E-state index >= 15 is 0 Å². The Morgan fingerprint density at radius 3 is 2.18 bits per heavy atom. The van der Waals surface area contributed by atoms with Gasteiger partial charge in [0, 0.05) is 12.1 Å². The van der Waals surface area contributed by atoms with Crippen molar-refractivity contribution in [3.63, 3.8) is 0 Å². The SMILES string of the molecule is Cc1ccc(S(=O)(=O)N2CCCC2C(=O)NC23CC4CC(CC(C4)C2)C3)cc1. The van der Waals surface area contributed by atoms with E-state index in [2.05, 4.69) is 5.32 Å². The van der Waals surface area contributed by atoms with Crippen LogP contribution in [0.2, 0.25) is 0 Å². The Morgan fingerprint density at radius 2 is 1.61 bits per heavy atom. The molecule has 1 unspecified atom stereocenters. The molecule has 1 saturated heterocycles. The van der Waals surface area contributed by atoms with Gasteiger partial charge in [-0.15, -0.1) is 0 Å². The summed E-state index contributed by atoms with van der Waals surface area (Å²) >= 11 is 0. The number of sulfonamides is 1. The number of carbonyl (C=O) groups excluding carboxylic acids is 1. The van der Waals surface area contributed by atoms with Crippen molar-refractivity contribution in [2.24, 2.45) is 17.8 Å². The van der Waals surface area contributed by atoms with Gasteiger partial charge in [0.1, 0.15) is 6.04 Å². The minimum Gasteiger partial charge on any atom is -0.349 e. The summed E-state index contributed by atoms with van der Waals surface area (Å²) in [5, 5.41) is 3.38. The van der Waals surface area contributed by atoms with Gasteiger partial charge in [-0.05, 0) is 88.2 Å². The average molecular weight is 403 g/mol. The number of benzene rings is 1. The van der Waals surface area contributed by atoms with Crippen molar-refractivity contribution < 1.29 is 13.2 Å². The van der Waals surface area contributed by atoms with Crippen LogP contribution in [0.4, 0.5) is 0 Å². The second-order valence-electron chi connectivity index (χ2n) is 9.77. The lowest BCUT2D eigenvalue weighted by atomic mass is 9.53. The van der Waals surface area contributed by atoms with Crippen LogP contribution in [0.25, 0.3) is 0 Å². The molecule has 4 saturated carbocycles. The molecule has 1 heterocycles. The number of nitrogens with zero attached hydrogens (tertiary/aromatic N) is 1. The molecular formula is C22H30N2O3S. The second-order valence-corrected chi connectivity index (χ2v) is 11.7. The van der Waals surface area contributed by atoms with E-state index < -0.39 is 16.1 Å². The van der Waals surface area contributed by atoms with Gasteiger partial charge in [-0.1, -0.05) is 17.7 Å². The Balaban J connectivity index is 1.35. The number of hydrogen-bond donors (Lipinski definition) is 1. The van der Waals surface area contributed by atoms with Crippen molar-refractivity contribution in [1.82, 2.24) is 9.62 Å². The third-order valence-corrected chi connectivity index (χ3v) is 9.48. The first kappa shape index (κ1) is 18.6. The van der Waals surface area contributed by atoms with Gasteiger partial charge < -0.3 is 5.32 Å². The first-order chi connectivity index (χ1) is 13.3. The van der Waals surface area contributed by atoms with Crippen molar-refractivity contribution in [3.05, 3.63) is 29.8 Å². The first-order valence-corrected chi connectivity index (χ1v) is 12.2. The molecule has 6 rings (SSSR count). The fourth-order valence-electron chi connectivity index (χ4n) is 6.74. The highest BCUT2D eigenvalue weighted by Gasteiger charge is 2.52. The van der Waals surface area contributed by atoms with E-state index in [9.17, 15) is 13.2 Å². The molecule has 5 fully saturated rings. The molecule has 1 aliphatic heterocycles. The summed E-state index contributed by atoms with van der Waals surface area (Å²) in [5.74, 6) is 2.18. The van der Waals surface area contributed by atoms with Crippen LogP contribution < -0.4 is 5.32 Å². The summed E-state index contributed by atoms with van der Waals surface area (Å²) in [6.45, 7) is 2.36. The van der Waals surface area contributed by atoms with Crippen LogP contribution in [-0.2, 0) is 14.8 Å². The van der Waals surface area contributed by atoms with E-state index in [0.717, 1.165) is 49.0 Å². The maximum absolute atomic E-state index is 13.3. The molecule has 1 aromatic rings. The van der Waals surface area contributed by atoms with Crippen molar-refractivity contribution in [1.29, 1.82) is 0 Å². The standard InChI is InChI=1S/C22H30N2O3S/c1-15-4-6-19(7-5-15)28(26,27)24-8-2-3-20(24)21(25)23-22-12-16-9-17(13-22)11-18(10-16)14-22/h4-7,16-18,20H,2-3,8-14H2,1H3,(H,23,25). The summed E-state index contributed by atoms with van der Waals surface area (Å²) in [6.07, 6.45) is 8.59. The Hall–Kier alpha value is -1.40. The summed E-state index contributed by atoms with van der Waals surface area (Å²) in [5.41, 5.74) is 0.949. The molecular weight excluding hydrogens is 372 g/mol. The Morgan fingerprint density at radius 1 is 1.04 bits per heavy atom. The Labute approximate surface area is 167 Å². The molecule has 1 atom stereocenters. The first-order valence-electron chi connectivity index (χ1n) is 10.8. The molecule has 1 aromatic carbocycles. The third-order valence-electron chi connectivity index (χ3n) is 7.56. The van der Waals surface area contributed by atoms with Crippen LogP contribution in [0.5, 0.6) is 0 Å². The molecule has 28 heavy (non-hydrogen) atoms. The Bertz CT molecular complexity index is 842. The quantitative estimate of drug-likeness (QED) is 0.841. The van der Waals surface area contributed by atoms with Gasteiger partial charge in [0.2, 0.25) is 15.9 Å². The number of rotatable bonds is 4. The lowest BCUT2D eigenvalue weighted by Gasteiger charge is -2.57. The van der Waals surface area contributed by atoms with Crippen LogP contribution in [0.3, 0.4) is 0 Å². The molecule has 5 aliphatic rings. The molecule has 0 aromatic heterocycles. The van der Waals surface area contributed by atoms with Crippen LogP contribution in [-0.4, -0.2) is 36.8 Å². The van der Waals surface area contributed by atoms with Gasteiger partial charge >= 0.3 is 0 Å². The van der Waals surface area contributed by atoms with E-state index in [4.69, 9.17) is 0 Å². The lowest BCUT2D eigenvalue weighted by Crippen LogP contribution is -2.62. The smallest absolute Gasteiger partial charge is 0.243 e. The van der Waals surface area contributed by atoms with Gasteiger partial charge in [0.15, 0.2) is 0 Å². The number of carbonyl (C=O) groups is 1. The van der Waals surface area contributed by atoms with Gasteiger partial charge in [-0.25, -0.2) is 8.42 Å². The monoisotopic (exact) mass is 402 g/mol. The topological polar surface area (TPSA) is 66.5 Å². The van der Waals surface area contributed by atoms with E-state index in [1.807, 2.05) is 19.1 Å². The predicted octanol–water partition coefficient (Wildman–Crippen LogP) is 3.23. The largest absolute Gasteiger partial charge is 0.349 e. The predicted molar refractivity (Wildman–Crippen MR) is 107 cm³/mol. The normalized spacial score (nSPS) is 37.3. The van der Waals surface area contributed by atoms with Gasteiger partial charge in [0.25, 0.3) is 0 Å². The summed E-state index contributed by atoms with van der Waals surface area (Å²) in [6, 6.07) is 6.36. The van der Waals surface area contributed by atoms with Crippen molar-refractivity contribution in [2.45, 2.75) is 74.8 Å². The van der Waals surface area contributed by atoms with Gasteiger partial charge in [-0.2, -0.15) is 4.31 Å². The summed E-state index contributed by atoms with van der Waals surface area (Å²) in [4.78, 5) is 13.5. The fourth-order valence-corrected chi connectivity index (χ4v) is 8.40. The lowest BCUT2D eigenvalue weighted by molar-refractivity contribution is -0.130. The molecule has 4 bridgehead atoms. The third kappa shape index (κ3) is 3.09. The molecule has 0 spiro atoms. The molecule has 1 amide bonds. The van der Waals surface area contributed by atoms with E-state index in [-0.39, 0.29) is 16.3 Å². The molecule has 6 heteroatoms. The van der Waals surface area contributed by atoms with Gasteiger partial charge in [-0.3, -0.25) is 4.79 Å². The molecule has 1 N–H and O–H groups in total. The van der Waals surface area contributed by atoms with Crippen LogP contribution >= 0.6 is 0 Å². The van der Waals surface area contributed by atoms with Crippen molar-refractivity contribution >= 4 is 15.9 Å². The van der Waals surface area contributed by atoms with Crippen LogP contribution in [0.15, 0.2) is 29.2 Å². The van der Waals surface area contributed by atoms with Crippen LogP contribution in [0.1, 0.15) is 56.9 Å². The van der Waals surface area contributed by atoms with E-state index in [1.165, 1.54) is 23.6 Å². The van der Waals surface area contributed by atoms with Gasteiger partial charge in [0.05, 0.1) is 4.90 Å². The summed E-state index contributed by atoms with van der Waals surface area (Å²) in [7, 11) is -3.64. The number of aryl methyl sites for hydroxylation is 1. The van der Waals surface area contributed by atoms with Crippen molar-refractivity contribution in [2.75, 3.05) is 6.54 Å². The number of amides is 1. The number of nitrogens with one attached hydrogen (secondary N) is 1. The molecule has 4 aliphatic carbocycles. The zero-order valence-electron chi connectivity index (χ0n) is 16.6. The maximum Gasteiger partial charge on any atom is 0.243 e. The second kappa shape index (κ2) is 6.56. The molecule has 152 valence electrons. The number of hydrogen-bond acceptors (Lipinski definition) is 3. The summed E-state index contributed by atoms with van der Waals surface area (Å²) < 4.78 is 27.8. The zero-order valence-corrected chi connectivity index (χ0v) is 17.4. The Kier molecular flexibility index (Phi) is 4.36. The fraction of sp³-hybridized carbons (Fsp3) is 0.682. The average Bonchev–Trinajstić information content (AvgIpc) is 3.11. The molecule has 0 radical (unpaired) electrons. The minimum absolute atomic E-state index is 0.0739. The highest BCUT2D eigenvalue weighted by molar-refractivity contribution is 7.89. The minimum atomic E-state index is -3.64. The van der Waals surface area contributed by atoms with E-state index in [1.54, 1.807) is 12.1 Å². The van der Waals surface area contributed by atoms with Crippen molar-refractivity contribution in [3.8, 4) is 0 Å². The zero-order chi connectivity index (χ0) is 19.5. The highest BCUT2D eigenvalue weighted by Crippen LogP contribution is 2.55. The van der Waals surface area contributed by atoms with Crippen LogP contribution in [0, 0.1) is 24.7 Å². The highest BCUT2D eigenvalue weighted by atomic mass is 32.2. The molecule has 5 nitrogen and oxygen atoms in total.